The van der Waals surface area contributed by atoms with Gasteiger partial charge in [0.2, 0.25) is 5.79 Å². The van der Waals surface area contributed by atoms with Crippen LogP contribution in [0.4, 0.5) is 0 Å². The Hall–Kier alpha value is -0.600. The maximum atomic E-state index is 5.45. The first-order valence-corrected chi connectivity index (χ1v) is 4.84. The number of ether oxygens (including phenoxy) is 2. The molecule has 0 saturated carbocycles. The molecule has 0 radical (unpaired) electrons. The normalized spacial score (nSPS) is 25.1. The van der Waals surface area contributed by atoms with E-state index >= 15 is 0 Å². The molecule has 0 aromatic carbocycles. The first kappa shape index (κ1) is 8.97. The Labute approximate surface area is 79.2 Å². The lowest BCUT2D eigenvalue weighted by atomic mass is 9.91. The molecule has 2 heteroatoms. The van der Waals surface area contributed by atoms with E-state index in [1.54, 1.807) is 14.2 Å². The van der Waals surface area contributed by atoms with E-state index in [9.17, 15) is 0 Å². The predicted octanol–water partition coefficient (Wildman–Crippen LogP) is 2.42. The summed E-state index contributed by atoms with van der Waals surface area (Å²) < 4.78 is 10.9. The van der Waals surface area contributed by atoms with Crippen molar-refractivity contribution >= 4 is 0 Å². The van der Waals surface area contributed by atoms with Crippen LogP contribution >= 0.6 is 0 Å². The summed E-state index contributed by atoms with van der Waals surface area (Å²) >= 11 is 0. The Morgan fingerprint density at radius 2 is 1.85 bits per heavy atom. The fourth-order valence-corrected chi connectivity index (χ4v) is 2.29. The highest BCUT2D eigenvalue weighted by molar-refractivity contribution is 5.42. The number of methoxy groups -OCH3 is 2. The Morgan fingerprint density at radius 3 is 2.54 bits per heavy atom. The minimum absolute atomic E-state index is 0.532. The molecule has 0 atom stereocenters. The van der Waals surface area contributed by atoms with Crippen LogP contribution < -0.4 is 0 Å². The summed E-state index contributed by atoms with van der Waals surface area (Å²) in [6, 6.07) is 0. The Bertz CT molecular complexity index is 259. The van der Waals surface area contributed by atoms with Gasteiger partial charge < -0.3 is 9.47 Å². The fraction of sp³-hybridized carbons (Fsp3) is 0.636. The van der Waals surface area contributed by atoms with E-state index in [0.29, 0.717) is 0 Å². The van der Waals surface area contributed by atoms with Crippen molar-refractivity contribution in [2.45, 2.75) is 31.5 Å². The summed E-state index contributed by atoms with van der Waals surface area (Å²) in [5, 5.41) is 0. The standard InChI is InChI=1S/C11H16O2/c1-12-11(13-2)8-7-9-5-3-4-6-10(9)11/h7-8H,3-6H2,1-2H3. The van der Waals surface area contributed by atoms with Gasteiger partial charge >= 0.3 is 0 Å². The van der Waals surface area contributed by atoms with E-state index in [4.69, 9.17) is 9.47 Å². The summed E-state index contributed by atoms with van der Waals surface area (Å²) in [7, 11) is 3.41. The average molecular weight is 180 g/mol. The van der Waals surface area contributed by atoms with E-state index in [1.807, 2.05) is 6.08 Å². The smallest absolute Gasteiger partial charge is 0.211 e. The minimum Gasteiger partial charge on any atom is -0.346 e. The van der Waals surface area contributed by atoms with Crippen molar-refractivity contribution in [3.63, 3.8) is 0 Å². The SMILES string of the molecule is COC1(OC)C=CC2=C1CCCC2. The van der Waals surface area contributed by atoms with Gasteiger partial charge in [-0.3, -0.25) is 0 Å². The quantitative estimate of drug-likeness (QED) is 0.607. The Morgan fingerprint density at radius 1 is 1.15 bits per heavy atom. The molecular formula is C11H16O2. The molecule has 0 unspecified atom stereocenters. The van der Waals surface area contributed by atoms with Crippen molar-refractivity contribution in [1.29, 1.82) is 0 Å². The summed E-state index contributed by atoms with van der Waals surface area (Å²) in [5.74, 6) is -0.532. The lowest BCUT2D eigenvalue weighted by molar-refractivity contribution is -0.142. The van der Waals surface area contributed by atoms with Crippen LogP contribution in [-0.4, -0.2) is 20.0 Å². The highest BCUT2D eigenvalue weighted by Crippen LogP contribution is 2.40. The number of hydrogen-bond donors (Lipinski definition) is 0. The van der Waals surface area contributed by atoms with Gasteiger partial charge in [0, 0.05) is 14.2 Å². The molecule has 2 aliphatic carbocycles. The van der Waals surface area contributed by atoms with Crippen LogP contribution in [0, 0.1) is 0 Å². The van der Waals surface area contributed by atoms with Gasteiger partial charge in [0.05, 0.1) is 0 Å². The van der Waals surface area contributed by atoms with Gasteiger partial charge in [0.15, 0.2) is 0 Å². The highest BCUT2D eigenvalue weighted by Gasteiger charge is 2.37. The molecule has 0 aliphatic heterocycles. The number of allylic oxidation sites excluding steroid dienone is 2. The van der Waals surface area contributed by atoms with Crippen molar-refractivity contribution in [2.75, 3.05) is 14.2 Å². The van der Waals surface area contributed by atoms with Crippen molar-refractivity contribution in [1.82, 2.24) is 0 Å². The Kier molecular flexibility index (Phi) is 2.26. The van der Waals surface area contributed by atoms with Crippen molar-refractivity contribution in [3.05, 3.63) is 23.3 Å². The second kappa shape index (κ2) is 3.28. The molecule has 0 amide bonds. The fourth-order valence-electron chi connectivity index (χ4n) is 2.29. The van der Waals surface area contributed by atoms with Crippen LogP contribution in [0.25, 0.3) is 0 Å². The van der Waals surface area contributed by atoms with Gasteiger partial charge in [-0.25, -0.2) is 0 Å². The average Bonchev–Trinajstić information content (AvgIpc) is 2.58. The van der Waals surface area contributed by atoms with Crippen molar-refractivity contribution in [2.24, 2.45) is 0 Å². The molecule has 0 bridgehead atoms. The van der Waals surface area contributed by atoms with Crippen molar-refractivity contribution in [3.8, 4) is 0 Å². The summed E-state index contributed by atoms with van der Waals surface area (Å²) in [5.41, 5.74) is 2.76. The molecule has 0 aromatic heterocycles. The first-order chi connectivity index (χ1) is 6.32. The largest absolute Gasteiger partial charge is 0.346 e. The zero-order valence-electron chi connectivity index (χ0n) is 8.30. The van der Waals surface area contributed by atoms with Crippen LogP contribution in [0.1, 0.15) is 25.7 Å². The van der Waals surface area contributed by atoms with Gasteiger partial charge in [-0.1, -0.05) is 6.08 Å². The van der Waals surface area contributed by atoms with E-state index in [0.717, 1.165) is 6.42 Å². The monoisotopic (exact) mass is 180 g/mol. The Balaban J connectivity index is 2.33. The maximum Gasteiger partial charge on any atom is 0.211 e. The number of hydrogen-bond acceptors (Lipinski definition) is 2. The topological polar surface area (TPSA) is 18.5 Å². The number of rotatable bonds is 2. The van der Waals surface area contributed by atoms with Crippen LogP contribution in [-0.2, 0) is 9.47 Å². The first-order valence-electron chi connectivity index (χ1n) is 4.84. The lowest BCUT2D eigenvalue weighted by Gasteiger charge is -2.30. The molecule has 0 fully saturated rings. The van der Waals surface area contributed by atoms with Crippen LogP contribution in [0.2, 0.25) is 0 Å². The molecule has 0 aromatic rings. The second-order valence-corrected chi connectivity index (χ2v) is 3.62. The third-order valence-corrected chi connectivity index (χ3v) is 3.04. The molecule has 2 aliphatic rings. The molecule has 72 valence electrons. The maximum absolute atomic E-state index is 5.45. The van der Waals surface area contributed by atoms with Gasteiger partial charge in [-0.15, -0.1) is 0 Å². The third kappa shape index (κ3) is 1.25. The van der Waals surface area contributed by atoms with Gasteiger partial charge in [-0.05, 0) is 42.9 Å². The lowest BCUT2D eigenvalue weighted by Crippen LogP contribution is -2.32. The van der Waals surface area contributed by atoms with Crippen molar-refractivity contribution < 1.29 is 9.47 Å². The molecular weight excluding hydrogens is 164 g/mol. The molecule has 0 saturated heterocycles. The summed E-state index contributed by atoms with van der Waals surface area (Å²) in [6.07, 6.45) is 9.04. The van der Waals surface area contributed by atoms with Gasteiger partial charge in [0.25, 0.3) is 0 Å². The zero-order chi connectivity index (χ0) is 9.31. The van der Waals surface area contributed by atoms with Gasteiger partial charge in [-0.2, -0.15) is 0 Å². The molecule has 2 rings (SSSR count). The van der Waals surface area contributed by atoms with E-state index in [-0.39, 0.29) is 0 Å². The molecule has 2 nitrogen and oxygen atoms in total. The third-order valence-electron chi connectivity index (χ3n) is 3.04. The highest BCUT2D eigenvalue weighted by atomic mass is 16.7. The minimum atomic E-state index is -0.532. The van der Waals surface area contributed by atoms with Crippen LogP contribution in [0.5, 0.6) is 0 Å². The van der Waals surface area contributed by atoms with Gasteiger partial charge in [0.1, 0.15) is 0 Å². The second-order valence-electron chi connectivity index (χ2n) is 3.62. The summed E-state index contributed by atoms with van der Waals surface area (Å²) in [4.78, 5) is 0. The van der Waals surface area contributed by atoms with Crippen LogP contribution in [0.3, 0.4) is 0 Å². The summed E-state index contributed by atoms with van der Waals surface area (Å²) in [6.45, 7) is 0. The molecule has 0 spiro atoms. The van der Waals surface area contributed by atoms with Crippen LogP contribution in [0.15, 0.2) is 23.3 Å². The molecule has 0 heterocycles. The molecule has 13 heavy (non-hydrogen) atoms. The predicted molar refractivity (Wildman–Crippen MR) is 51.4 cm³/mol. The molecule has 0 N–H and O–H groups in total. The zero-order valence-corrected chi connectivity index (χ0v) is 8.30. The van der Waals surface area contributed by atoms with E-state index in [1.165, 1.54) is 30.4 Å². The van der Waals surface area contributed by atoms with E-state index < -0.39 is 5.79 Å². The van der Waals surface area contributed by atoms with E-state index in [2.05, 4.69) is 6.08 Å².